The van der Waals surface area contributed by atoms with Gasteiger partial charge in [-0.25, -0.2) is 0 Å². The Labute approximate surface area is 506 Å². The van der Waals surface area contributed by atoms with Gasteiger partial charge >= 0.3 is 17.9 Å². The summed E-state index contributed by atoms with van der Waals surface area (Å²) in [5.74, 6) is -0.992. The fourth-order valence-electron chi connectivity index (χ4n) is 9.12. The number of allylic oxidation sites excluding steroid dienone is 24. The summed E-state index contributed by atoms with van der Waals surface area (Å²) in [5.41, 5.74) is 0. The Bertz CT molecular complexity index is 1780. The van der Waals surface area contributed by atoms with Gasteiger partial charge < -0.3 is 14.2 Å². The summed E-state index contributed by atoms with van der Waals surface area (Å²) >= 11 is 0. The third-order valence-corrected chi connectivity index (χ3v) is 14.1. The van der Waals surface area contributed by atoms with Crippen molar-refractivity contribution in [2.45, 2.75) is 303 Å². The number of unbranched alkanes of at least 4 members (excludes halogenated alkanes) is 25. The molecule has 0 spiro atoms. The molecule has 0 N–H and O–H groups in total. The van der Waals surface area contributed by atoms with Crippen LogP contribution in [0.5, 0.6) is 0 Å². The highest BCUT2D eigenvalue weighted by Crippen LogP contribution is 2.16. The van der Waals surface area contributed by atoms with Gasteiger partial charge in [0.05, 0.1) is 0 Å². The monoisotopic (exact) mass is 1130 g/mol. The zero-order valence-corrected chi connectivity index (χ0v) is 53.2. The van der Waals surface area contributed by atoms with Crippen molar-refractivity contribution >= 4 is 17.9 Å². The summed E-state index contributed by atoms with van der Waals surface area (Å²) < 4.78 is 16.9. The maximum Gasteiger partial charge on any atom is 0.306 e. The summed E-state index contributed by atoms with van der Waals surface area (Å²) in [6.07, 6.45) is 98.8. The molecule has 0 amide bonds. The van der Waals surface area contributed by atoms with E-state index in [1.807, 2.05) is 6.08 Å². The largest absolute Gasteiger partial charge is 0.462 e. The van der Waals surface area contributed by atoms with E-state index in [0.717, 1.165) is 116 Å². The molecule has 0 aliphatic carbocycles. The second-order valence-corrected chi connectivity index (χ2v) is 22.0. The van der Waals surface area contributed by atoms with Crippen LogP contribution < -0.4 is 0 Å². The number of rotatable bonds is 60. The van der Waals surface area contributed by atoms with Crippen molar-refractivity contribution in [2.24, 2.45) is 0 Å². The van der Waals surface area contributed by atoms with E-state index in [9.17, 15) is 14.4 Å². The number of hydrogen-bond acceptors (Lipinski definition) is 6. The van der Waals surface area contributed by atoms with E-state index < -0.39 is 12.1 Å². The Hall–Kier alpha value is -4.71. The van der Waals surface area contributed by atoms with E-state index in [2.05, 4.69) is 161 Å². The van der Waals surface area contributed by atoms with Crippen molar-refractivity contribution in [3.63, 3.8) is 0 Å². The molecule has 0 fully saturated rings. The molecular formula is C76H124O6. The molecule has 0 aromatic heterocycles. The second kappa shape index (κ2) is 68.8. The third-order valence-electron chi connectivity index (χ3n) is 14.1. The van der Waals surface area contributed by atoms with Crippen LogP contribution in [0.1, 0.15) is 297 Å². The van der Waals surface area contributed by atoms with Crippen molar-refractivity contribution in [1.29, 1.82) is 0 Å². The summed E-state index contributed by atoms with van der Waals surface area (Å²) in [6, 6.07) is 0. The minimum atomic E-state index is -0.824. The van der Waals surface area contributed by atoms with Crippen LogP contribution in [-0.2, 0) is 28.6 Å². The van der Waals surface area contributed by atoms with E-state index in [0.29, 0.717) is 19.3 Å². The van der Waals surface area contributed by atoms with Gasteiger partial charge in [-0.2, -0.15) is 0 Å². The molecule has 6 nitrogen and oxygen atoms in total. The Morgan fingerprint density at radius 1 is 0.256 bits per heavy atom. The first kappa shape index (κ1) is 77.3. The average Bonchev–Trinajstić information content (AvgIpc) is 3.47. The Morgan fingerprint density at radius 3 is 0.793 bits per heavy atom. The first-order valence-electron chi connectivity index (χ1n) is 33.8. The fourth-order valence-corrected chi connectivity index (χ4v) is 9.12. The number of esters is 3. The number of ether oxygens (including phenoxy) is 3. The predicted molar refractivity (Wildman–Crippen MR) is 357 cm³/mol. The van der Waals surface area contributed by atoms with E-state index >= 15 is 0 Å². The summed E-state index contributed by atoms with van der Waals surface area (Å²) in [4.78, 5) is 38.3. The third kappa shape index (κ3) is 66.1. The first-order valence-corrected chi connectivity index (χ1v) is 33.8. The molecule has 464 valence electrons. The van der Waals surface area contributed by atoms with Crippen molar-refractivity contribution in [2.75, 3.05) is 13.2 Å². The molecule has 0 saturated heterocycles. The number of carbonyl (C=O) groups is 3. The van der Waals surface area contributed by atoms with Gasteiger partial charge in [0.1, 0.15) is 13.2 Å². The highest BCUT2D eigenvalue weighted by Gasteiger charge is 2.19. The highest BCUT2D eigenvalue weighted by molar-refractivity contribution is 5.71. The molecule has 6 heteroatoms. The molecule has 82 heavy (non-hydrogen) atoms. The number of carbonyl (C=O) groups excluding carboxylic acids is 3. The standard InChI is InChI=1S/C76H124O6/c1-4-7-10-13-16-19-22-25-28-30-32-33-34-35-36-37-38-39-40-41-42-43-45-46-48-51-54-57-60-63-66-69-75(78)81-72-73(71-80-74(77)68-65-62-59-56-53-50-27-24-21-18-15-12-9-6-3)82-76(79)70-67-64-61-58-55-52-49-47-44-31-29-26-23-20-17-14-11-8-5-2/h7-8,10-11,16-17,19-20,25-26,28-29,32-33,35-36,38-39,44,47,52,55,61,64,73H,4-6,9,12-15,18,21-24,27,30-31,34,37,40-43,45-46,48-51,53-54,56-60,62-63,65-72H2,1-3H3/b10-7-,11-8-,19-16-,20-17-,28-25-,29-26-,33-32-,36-35-,39-38-,47-44-,55-52-,64-61-. The molecule has 0 rings (SSSR count). The zero-order valence-electron chi connectivity index (χ0n) is 53.2. The second-order valence-electron chi connectivity index (χ2n) is 22.0. The quantitative estimate of drug-likeness (QED) is 0.0261. The normalized spacial score (nSPS) is 13.1. The van der Waals surface area contributed by atoms with Crippen LogP contribution in [0.25, 0.3) is 0 Å². The molecule has 0 aromatic rings. The predicted octanol–water partition coefficient (Wildman–Crippen LogP) is 23.5. The minimum Gasteiger partial charge on any atom is -0.462 e. The molecule has 0 saturated carbocycles. The van der Waals surface area contributed by atoms with Gasteiger partial charge in [0.25, 0.3) is 0 Å². The summed E-state index contributed by atoms with van der Waals surface area (Å²) in [7, 11) is 0. The molecule has 0 aromatic carbocycles. The molecule has 0 bridgehead atoms. The molecular weight excluding hydrogens is 1010 g/mol. The van der Waals surface area contributed by atoms with Crippen molar-refractivity contribution in [3.05, 3.63) is 146 Å². The smallest absolute Gasteiger partial charge is 0.306 e. The van der Waals surface area contributed by atoms with Crippen molar-refractivity contribution in [3.8, 4) is 0 Å². The lowest BCUT2D eigenvalue weighted by Crippen LogP contribution is -2.30. The van der Waals surface area contributed by atoms with E-state index in [-0.39, 0.29) is 31.6 Å². The van der Waals surface area contributed by atoms with Crippen LogP contribution >= 0.6 is 0 Å². The zero-order chi connectivity index (χ0) is 59.2. The summed E-state index contributed by atoms with van der Waals surface area (Å²) in [5, 5.41) is 0. The van der Waals surface area contributed by atoms with Gasteiger partial charge in [0.15, 0.2) is 6.10 Å². The minimum absolute atomic E-state index is 0.110. The molecule has 0 aliphatic rings. The topological polar surface area (TPSA) is 78.9 Å². The van der Waals surface area contributed by atoms with Crippen LogP contribution in [-0.4, -0.2) is 37.2 Å². The molecule has 1 atom stereocenters. The lowest BCUT2D eigenvalue weighted by molar-refractivity contribution is -0.166. The van der Waals surface area contributed by atoms with E-state index in [1.54, 1.807) is 0 Å². The van der Waals surface area contributed by atoms with Gasteiger partial charge in [-0.1, -0.05) is 314 Å². The van der Waals surface area contributed by atoms with Gasteiger partial charge in [0, 0.05) is 19.3 Å². The van der Waals surface area contributed by atoms with Crippen molar-refractivity contribution < 1.29 is 28.6 Å². The molecule has 1 unspecified atom stereocenters. The van der Waals surface area contributed by atoms with E-state index in [1.165, 1.54) is 135 Å². The summed E-state index contributed by atoms with van der Waals surface area (Å²) in [6.45, 7) is 6.37. The van der Waals surface area contributed by atoms with Crippen LogP contribution in [0.3, 0.4) is 0 Å². The van der Waals surface area contributed by atoms with Crippen molar-refractivity contribution in [1.82, 2.24) is 0 Å². The molecule has 0 heterocycles. The SMILES string of the molecule is CC/C=C\C/C=C\C/C=C\C/C=C\C/C=C\C/C=C\CCCCCCCCCCCCCCC(=O)OCC(COC(=O)CCCCCCCCCCCCCCCC)OC(=O)CC/C=C\C/C=C\C/C=C\C/C=C\C/C=C\C/C=C\CC. The van der Waals surface area contributed by atoms with Gasteiger partial charge in [0.2, 0.25) is 0 Å². The van der Waals surface area contributed by atoms with Gasteiger partial charge in [-0.05, 0) is 109 Å². The first-order chi connectivity index (χ1) is 40.5. The van der Waals surface area contributed by atoms with Crippen LogP contribution in [0.15, 0.2) is 146 Å². The average molecular weight is 1130 g/mol. The Balaban J connectivity index is 4.36. The van der Waals surface area contributed by atoms with Gasteiger partial charge in [-0.3, -0.25) is 14.4 Å². The van der Waals surface area contributed by atoms with Crippen LogP contribution in [0, 0.1) is 0 Å². The lowest BCUT2D eigenvalue weighted by atomic mass is 10.0. The Morgan fingerprint density at radius 2 is 0.500 bits per heavy atom. The van der Waals surface area contributed by atoms with Crippen LogP contribution in [0.4, 0.5) is 0 Å². The molecule has 0 aliphatic heterocycles. The Kier molecular flexibility index (Phi) is 64.8. The van der Waals surface area contributed by atoms with Crippen LogP contribution in [0.2, 0.25) is 0 Å². The number of hydrogen-bond donors (Lipinski definition) is 0. The highest BCUT2D eigenvalue weighted by atomic mass is 16.6. The fraction of sp³-hybridized carbons (Fsp3) is 0.645. The lowest BCUT2D eigenvalue weighted by Gasteiger charge is -2.18. The molecule has 0 radical (unpaired) electrons. The van der Waals surface area contributed by atoms with Gasteiger partial charge in [-0.15, -0.1) is 0 Å². The maximum atomic E-state index is 12.9. The maximum absolute atomic E-state index is 12.9. The van der Waals surface area contributed by atoms with E-state index in [4.69, 9.17) is 14.2 Å².